The van der Waals surface area contributed by atoms with Crippen molar-refractivity contribution in [1.29, 1.82) is 0 Å². The third-order valence-corrected chi connectivity index (χ3v) is 5.54. The smallest absolute Gasteiger partial charge is 0.242 e. The first kappa shape index (κ1) is 15.0. The van der Waals surface area contributed by atoms with Gasteiger partial charge in [0, 0.05) is 13.5 Å². The van der Waals surface area contributed by atoms with Crippen molar-refractivity contribution in [2.45, 2.75) is 39.4 Å². The lowest BCUT2D eigenvalue weighted by Crippen LogP contribution is -2.36. The summed E-state index contributed by atoms with van der Waals surface area (Å²) in [5.41, 5.74) is 4.12. The zero-order valence-electron chi connectivity index (χ0n) is 13.0. The number of sulfonamides is 1. The van der Waals surface area contributed by atoms with Crippen LogP contribution < -0.4 is 4.31 Å². The summed E-state index contributed by atoms with van der Waals surface area (Å²) in [5.74, 6) is 0.335. The fourth-order valence-corrected chi connectivity index (χ4v) is 4.44. The van der Waals surface area contributed by atoms with E-state index in [4.69, 9.17) is 4.52 Å². The number of aryl methyl sites for hydroxylation is 3. The van der Waals surface area contributed by atoms with E-state index in [1.807, 2.05) is 19.9 Å². The Labute approximate surface area is 130 Å². The van der Waals surface area contributed by atoms with Gasteiger partial charge in [0.05, 0.1) is 5.69 Å². The van der Waals surface area contributed by atoms with Crippen molar-refractivity contribution >= 4 is 15.7 Å². The molecule has 2 aromatic rings. The lowest BCUT2D eigenvalue weighted by molar-refractivity contribution is 0.388. The minimum Gasteiger partial charge on any atom is -0.340 e. The quantitative estimate of drug-likeness (QED) is 0.867. The maximum atomic E-state index is 12.8. The first-order chi connectivity index (χ1) is 10.4. The van der Waals surface area contributed by atoms with Gasteiger partial charge in [0.2, 0.25) is 15.9 Å². The molecule has 0 radical (unpaired) electrons. The number of rotatable bonds is 3. The molecule has 3 rings (SSSR count). The Morgan fingerprint density at radius 2 is 2.05 bits per heavy atom. The summed E-state index contributed by atoms with van der Waals surface area (Å²) < 4.78 is 31.9. The second-order valence-corrected chi connectivity index (χ2v) is 7.63. The topological polar surface area (TPSA) is 76.3 Å². The van der Waals surface area contributed by atoms with Crippen LogP contribution in [0.3, 0.4) is 0 Å². The number of anilines is 1. The molecule has 1 aliphatic rings. The average molecular weight is 321 g/mol. The van der Waals surface area contributed by atoms with Crippen LogP contribution in [-0.2, 0) is 22.2 Å². The van der Waals surface area contributed by atoms with Crippen molar-refractivity contribution in [3.63, 3.8) is 0 Å². The number of benzene rings is 1. The second-order valence-electron chi connectivity index (χ2n) is 5.74. The summed E-state index contributed by atoms with van der Waals surface area (Å²) in [5, 5.41) is 3.69. The molecular formula is C15H19N3O3S. The van der Waals surface area contributed by atoms with Crippen LogP contribution in [0, 0.1) is 20.8 Å². The number of nitrogens with zero attached hydrogens (tertiary/aromatic N) is 3. The highest BCUT2D eigenvalue weighted by Gasteiger charge is 2.30. The lowest BCUT2D eigenvalue weighted by Gasteiger charge is -2.31. The molecule has 0 fully saturated rings. The molecular weight excluding hydrogens is 302 g/mol. The van der Waals surface area contributed by atoms with E-state index in [0.717, 1.165) is 35.2 Å². The second kappa shape index (κ2) is 5.39. The lowest BCUT2D eigenvalue weighted by atomic mass is 9.96. The third-order valence-electron chi connectivity index (χ3n) is 3.87. The molecule has 7 heteroatoms. The van der Waals surface area contributed by atoms with Gasteiger partial charge in [0.1, 0.15) is 5.75 Å². The Bertz CT molecular complexity index is 811. The van der Waals surface area contributed by atoms with Crippen LogP contribution in [0.4, 0.5) is 5.69 Å². The molecule has 0 spiro atoms. The van der Waals surface area contributed by atoms with E-state index < -0.39 is 10.0 Å². The van der Waals surface area contributed by atoms with Gasteiger partial charge in [-0.05, 0) is 49.4 Å². The number of fused-ring (bicyclic) bond motifs is 1. The number of hydrogen-bond donors (Lipinski definition) is 0. The molecule has 0 amide bonds. The van der Waals surface area contributed by atoms with Gasteiger partial charge < -0.3 is 4.52 Å². The maximum Gasteiger partial charge on any atom is 0.242 e. The van der Waals surface area contributed by atoms with Crippen LogP contribution in [0.2, 0.25) is 0 Å². The van der Waals surface area contributed by atoms with E-state index in [1.54, 1.807) is 6.92 Å². The SMILES string of the molecule is Cc1cc(C)c2c(c1)N(S(=O)(=O)Cc1noc(C)n1)CCC2. The van der Waals surface area contributed by atoms with Crippen molar-refractivity contribution < 1.29 is 12.9 Å². The molecule has 0 saturated heterocycles. The third kappa shape index (κ3) is 2.72. The number of hydrogen-bond acceptors (Lipinski definition) is 5. The van der Waals surface area contributed by atoms with Crippen LogP contribution in [0.25, 0.3) is 0 Å². The highest BCUT2D eigenvalue weighted by Crippen LogP contribution is 2.33. The maximum absolute atomic E-state index is 12.8. The van der Waals surface area contributed by atoms with Crippen LogP contribution in [0.15, 0.2) is 16.7 Å². The molecule has 1 aromatic heterocycles. The molecule has 0 saturated carbocycles. The van der Waals surface area contributed by atoms with E-state index in [-0.39, 0.29) is 11.6 Å². The Balaban J connectivity index is 1.99. The largest absolute Gasteiger partial charge is 0.340 e. The van der Waals surface area contributed by atoms with Crippen molar-refractivity contribution in [1.82, 2.24) is 10.1 Å². The Kier molecular flexibility index (Phi) is 3.68. The monoisotopic (exact) mass is 321 g/mol. The summed E-state index contributed by atoms with van der Waals surface area (Å²) in [6.45, 7) is 6.15. The molecule has 0 unspecified atom stereocenters. The molecule has 1 aliphatic heterocycles. The van der Waals surface area contributed by atoms with E-state index >= 15 is 0 Å². The molecule has 6 nitrogen and oxygen atoms in total. The fourth-order valence-electron chi connectivity index (χ4n) is 2.97. The zero-order valence-corrected chi connectivity index (χ0v) is 13.8. The predicted octanol–water partition coefficient (Wildman–Crippen LogP) is 2.28. The minimum atomic E-state index is -3.52. The molecule has 22 heavy (non-hydrogen) atoms. The van der Waals surface area contributed by atoms with E-state index in [1.165, 1.54) is 4.31 Å². The van der Waals surface area contributed by atoms with Gasteiger partial charge in [0.15, 0.2) is 5.82 Å². The van der Waals surface area contributed by atoms with Crippen molar-refractivity contribution in [3.05, 3.63) is 40.5 Å². The van der Waals surface area contributed by atoms with Crippen LogP contribution in [-0.4, -0.2) is 25.1 Å². The first-order valence-electron chi connectivity index (χ1n) is 7.26. The van der Waals surface area contributed by atoms with Crippen molar-refractivity contribution in [2.75, 3.05) is 10.8 Å². The summed E-state index contributed by atoms with van der Waals surface area (Å²) in [4.78, 5) is 4.00. The Morgan fingerprint density at radius 3 is 2.73 bits per heavy atom. The number of aromatic nitrogens is 2. The standard InChI is InChI=1S/C15H19N3O3S/c1-10-7-11(2)13-5-4-6-18(14(13)8-10)22(19,20)9-15-16-12(3)21-17-15/h7-8H,4-6,9H2,1-3H3. The van der Waals surface area contributed by atoms with Crippen LogP contribution >= 0.6 is 0 Å². The molecule has 0 N–H and O–H groups in total. The summed E-state index contributed by atoms with van der Waals surface area (Å²) in [6.07, 6.45) is 1.73. The molecule has 2 heterocycles. The molecule has 118 valence electrons. The van der Waals surface area contributed by atoms with Crippen molar-refractivity contribution in [2.24, 2.45) is 0 Å². The molecule has 0 bridgehead atoms. The van der Waals surface area contributed by atoms with Gasteiger partial charge in [-0.15, -0.1) is 0 Å². The first-order valence-corrected chi connectivity index (χ1v) is 8.87. The fraction of sp³-hybridized carbons (Fsp3) is 0.467. The van der Waals surface area contributed by atoms with Crippen LogP contribution in [0.5, 0.6) is 0 Å². The summed E-state index contributed by atoms with van der Waals surface area (Å²) in [7, 11) is -3.52. The Hall–Kier alpha value is -1.89. The normalized spacial score (nSPS) is 15.0. The molecule has 1 aromatic carbocycles. The van der Waals surface area contributed by atoms with Gasteiger partial charge in [-0.25, -0.2) is 8.42 Å². The predicted molar refractivity (Wildman–Crippen MR) is 83.2 cm³/mol. The van der Waals surface area contributed by atoms with Gasteiger partial charge in [-0.1, -0.05) is 11.2 Å². The van der Waals surface area contributed by atoms with Gasteiger partial charge in [0.25, 0.3) is 0 Å². The minimum absolute atomic E-state index is 0.203. The van der Waals surface area contributed by atoms with Crippen molar-refractivity contribution in [3.8, 4) is 0 Å². The van der Waals surface area contributed by atoms with E-state index in [0.29, 0.717) is 12.4 Å². The summed E-state index contributed by atoms with van der Waals surface area (Å²) in [6, 6.07) is 4.04. The highest BCUT2D eigenvalue weighted by atomic mass is 32.2. The van der Waals surface area contributed by atoms with Gasteiger partial charge >= 0.3 is 0 Å². The highest BCUT2D eigenvalue weighted by molar-refractivity contribution is 7.92. The summed E-state index contributed by atoms with van der Waals surface area (Å²) >= 11 is 0. The van der Waals surface area contributed by atoms with Crippen LogP contribution in [0.1, 0.15) is 34.8 Å². The van der Waals surface area contributed by atoms with Gasteiger partial charge in [-0.2, -0.15) is 4.98 Å². The molecule has 0 atom stereocenters. The zero-order chi connectivity index (χ0) is 15.9. The van der Waals surface area contributed by atoms with E-state index in [9.17, 15) is 8.42 Å². The Morgan fingerprint density at radius 1 is 1.27 bits per heavy atom. The average Bonchev–Trinajstić information content (AvgIpc) is 2.82. The molecule has 0 aliphatic carbocycles. The van der Waals surface area contributed by atoms with E-state index in [2.05, 4.69) is 16.2 Å². The van der Waals surface area contributed by atoms with Gasteiger partial charge in [-0.3, -0.25) is 4.31 Å².